The third kappa shape index (κ3) is 3.28. The molecule has 0 atom stereocenters. The second-order valence-electron chi connectivity index (χ2n) is 3.29. The zero-order valence-corrected chi connectivity index (χ0v) is 9.95. The van der Waals surface area contributed by atoms with Crippen molar-refractivity contribution < 1.29 is 0 Å². The van der Waals surface area contributed by atoms with Crippen LogP contribution < -0.4 is 5.73 Å². The molecule has 0 spiro atoms. The predicted molar refractivity (Wildman–Crippen MR) is 65.9 cm³/mol. The molecular weight excluding hydrogens is 214 g/mol. The van der Waals surface area contributed by atoms with E-state index in [1.165, 1.54) is 5.56 Å². The van der Waals surface area contributed by atoms with Crippen LogP contribution in [0, 0.1) is 6.92 Å². The molecule has 0 aliphatic rings. The summed E-state index contributed by atoms with van der Waals surface area (Å²) in [5.74, 6) is 0.886. The minimum absolute atomic E-state index is 0.836. The highest BCUT2D eigenvalue weighted by molar-refractivity contribution is 7.99. The van der Waals surface area contributed by atoms with E-state index in [2.05, 4.69) is 13.0 Å². The Hall–Kier alpha value is -0.600. The summed E-state index contributed by atoms with van der Waals surface area (Å²) in [6.07, 6.45) is 0. The molecule has 0 unspecified atom stereocenters. The average Bonchev–Trinajstić information content (AvgIpc) is 2.19. The van der Waals surface area contributed by atoms with Crippen LogP contribution in [0.4, 0.5) is 5.69 Å². The summed E-state index contributed by atoms with van der Waals surface area (Å²) < 4.78 is 0. The van der Waals surface area contributed by atoms with Crippen molar-refractivity contribution in [3.8, 4) is 0 Å². The maximum Gasteiger partial charge on any atom is 0.0452 e. The minimum atomic E-state index is 0.836. The van der Waals surface area contributed by atoms with E-state index in [-0.39, 0.29) is 0 Å². The fourth-order valence-corrected chi connectivity index (χ4v) is 2.13. The Morgan fingerprint density at radius 1 is 1.57 bits per heavy atom. The highest BCUT2D eigenvalue weighted by Gasteiger charge is 2.00. The van der Waals surface area contributed by atoms with Crippen LogP contribution >= 0.6 is 23.4 Å². The highest BCUT2D eigenvalue weighted by Crippen LogP contribution is 2.27. The average molecular weight is 228 g/mol. The lowest BCUT2D eigenvalue weighted by Crippen LogP contribution is -1.90. The van der Waals surface area contributed by atoms with Gasteiger partial charge in [-0.2, -0.15) is 0 Å². The summed E-state index contributed by atoms with van der Waals surface area (Å²) in [6.45, 7) is 4.07. The molecule has 0 aliphatic carbocycles. The van der Waals surface area contributed by atoms with E-state index in [4.69, 9.17) is 17.3 Å². The Morgan fingerprint density at radius 3 is 2.93 bits per heavy atom. The fraction of sp³-hybridized carbons (Fsp3) is 0.273. The second kappa shape index (κ2) is 5.32. The van der Waals surface area contributed by atoms with Crippen LogP contribution in [-0.4, -0.2) is 5.75 Å². The first kappa shape index (κ1) is 11.5. The number of hydrogen-bond acceptors (Lipinski definition) is 2. The van der Waals surface area contributed by atoms with Gasteiger partial charge in [-0.25, -0.2) is 0 Å². The number of nitrogens with two attached hydrogens (primary N) is 1. The van der Waals surface area contributed by atoms with Crippen LogP contribution in [0.3, 0.4) is 0 Å². The molecular formula is C11H14ClNS. The van der Waals surface area contributed by atoms with Crippen LogP contribution in [0.25, 0.3) is 0 Å². The summed E-state index contributed by atoms with van der Waals surface area (Å²) >= 11 is 7.30. The second-order valence-corrected chi connectivity index (χ2v) is 4.52. The molecule has 76 valence electrons. The van der Waals surface area contributed by atoms with Gasteiger partial charge in [-0.05, 0) is 31.5 Å². The number of rotatable bonds is 3. The maximum atomic E-state index is 5.84. The molecule has 0 saturated heterocycles. The molecule has 1 aromatic rings. The van der Waals surface area contributed by atoms with E-state index < -0.39 is 0 Å². The zero-order chi connectivity index (χ0) is 10.6. The molecule has 1 rings (SSSR count). The Morgan fingerprint density at radius 2 is 2.29 bits per heavy atom. The number of hydrogen-bond donors (Lipinski definition) is 1. The standard InChI is InChI=1S/C11H14ClNS/c1-8-3-4-10(13)11(5-8)14-7-9(2)6-12/h3-6H,7,13H2,1-2H3/b9-6-. The minimum Gasteiger partial charge on any atom is -0.398 e. The smallest absolute Gasteiger partial charge is 0.0452 e. The number of thioether (sulfide) groups is 1. The number of benzene rings is 1. The molecule has 1 aromatic carbocycles. The van der Waals surface area contributed by atoms with E-state index in [1.807, 2.05) is 19.1 Å². The van der Waals surface area contributed by atoms with Gasteiger partial charge in [0.15, 0.2) is 0 Å². The number of aryl methyl sites for hydroxylation is 1. The third-order valence-electron chi connectivity index (χ3n) is 1.81. The Bertz CT molecular complexity index is 347. The molecule has 0 saturated carbocycles. The van der Waals surface area contributed by atoms with Gasteiger partial charge in [0, 0.05) is 21.9 Å². The van der Waals surface area contributed by atoms with Crippen molar-refractivity contribution in [3.63, 3.8) is 0 Å². The van der Waals surface area contributed by atoms with Gasteiger partial charge >= 0.3 is 0 Å². The summed E-state index contributed by atoms with van der Waals surface area (Å²) in [5.41, 5.74) is 10.7. The van der Waals surface area contributed by atoms with Gasteiger partial charge in [0.1, 0.15) is 0 Å². The van der Waals surface area contributed by atoms with E-state index in [1.54, 1.807) is 17.3 Å². The lowest BCUT2D eigenvalue weighted by atomic mass is 10.2. The monoisotopic (exact) mass is 227 g/mol. The lowest BCUT2D eigenvalue weighted by molar-refractivity contribution is 1.35. The predicted octanol–water partition coefficient (Wildman–Crippen LogP) is 3.81. The summed E-state index contributed by atoms with van der Waals surface area (Å²) in [6, 6.07) is 6.06. The van der Waals surface area contributed by atoms with Crippen LogP contribution in [0.15, 0.2) is 34.2 Å². The van der Waals surface area contributed by atoms with Gasteiger partial charge in [0.25, 0.3) is 0 Å². The SMILES string of the molecule is C/C(=C/Cl)CSc1cc(C)ccc1N. The van der Waals surface area contributed by atoms with Gasteiger partial charge < -0.3 is 5.73 Å². The van der Waals surface area contributed by atoms with Crippen molar-refractivity contribution in [3.05, 3.63) is 34.9 Å². The van der Waals surface area contributed by atoms with Crippen LogP contribution in [-0.2, 0) is 0 Å². The van der Waals surface area contributed by atoms with Crippen molar-refractivity contribution in [1.29, 1.82) is 0 Å². The van der Waals surface area contributed by atoms with Crippen molar-refractivity contribution in [2.75, 3.05) is 11.5 Å². The molecule has 0 radical (unpaired) electrons. The van der Waals surface area contributed by atoms with Crippen LogP contribution in [0.1, 0.15) is 12.5 Å². The molecule has 2 N–H and O–H groups in total. The van der Waals surface area contributed by atoms with E-state index >= 15 is 0 Å². The Labute approximate surface area is 94.3 Å². The Kier molecular flexibility index (Phi) is 4.36. The molecule has 0 bridgehead atoms. The number of nitrogen functional groups attached to an aromatic ring is 1. The van der Waals surface area contributed by atoms with Crippen molar-refractivity contribution in [2.45, 2.75) is 18.7 Å². The quantitative estimate of drug-likeness (QED) is 0.628. The topological polar surface area (TPSA) is 26.0 Å². The molecule has 1 nitrogen and oxygen atoms in total. The molecule has 3 heteroatoms. The number of halogens is 1. The van der Waals surface area contributed by atoms with E-state index in [0.29, 0.717) is 0 Å². The van der Waals surface area contributed by atoms with Gasteiger partial charge in [0.2, 0.25) is 0 Å². The normalized spacial score (nSPS) is 11.8. The molecule has 14 heavy (non-hydrogen) atoms. The molecule has 0 fully saturated rings. The van der Waals surface area contributed by atoms with Crippen LogP contribution in [0.2, 0.25) is 0 Å². The third-order valence-corrected chi connectivity index (χ3v) is 3.45. The van der Waals surface area contributed by atoms with E-state index in [0.717, 1.165) is 21.9 Å². The summed E-state index contributed by atoms with van der Waals surface area (Å²) in [5, 5.41) is 0. The highest BCUT2D eigenvalue weighted by atomic mass is 35.5. The summed E-state index contributed by atoms with van der Waals surface area (Å²) in [7, 11) is 0. The van der Waals surface area contributed by atoms with Crippen molar-refractivity contribution in [1.82, 2.24) is 0 Å². The molecule has 0 heterocycles. The van der Waals surface area contributed by atoms with Gasteiger partial charge in [-0.1, -0.05) is 23.2 Å². The molecule has 0 aliphatic heterocycles. The number of anilines is 1. The van der Waals surface area contributed by atoms with Gasteiger partial charge in [-0.15, -0.1) is 11.8 Å². The molecule has 0 amide bonds. The van der Waals surface area contributed by atoms with Crippen LogP contribution in [0.5, 0.6) is 0 Å². The molecule has 0 aromatic heterocycles. The first-order valence-electron chi connectivity index (χ1n) is 4.38. The zero-order valence-electron chi connectivity index (χ0n) is 8.38. The maximum absolute atomic E-state index is 5.84. The largest absolute Gasteiger partial charge is 0.398 e. The first-order valence-corrected chi connectivity index (χ1v) is 5.80. The van der Waals surface area contributed by atoms with Gasteiger partial charge in [-0.3, -0.25) is 0 Å². The fourth-order valence-electron chi connectivity index (χ4n) is 0.990. The van der Waals surface area contributed by atoms with Crippen molar-refractivity contribution in [2.24, 2.45) is 0 Å². The van der Waals surface area contributed by atoms with E-state index in [9.17, 15) is 0 Å². The lowest BCUT2D eigenvalue weighted by Gasteiger charge is -2.06. The van der Waals surface area contributed by atoms with Crippen molar-refractivity contribution >= 4 is 29.1 Å². The summed E-state index contributed by atoms with van der Waals surface area (Å²) in [4.78, 5) is 1.13. The Balaban J connectivity index is 2.71. The van der Waals surface area contributed by atoms with Gasteiger partial charge in [0.05, 0.1) is 0 Å². The first-order chi connectivity index (χ1) is 6.63.